The van der Waals surface area contributed by atoms with Crippen LogP contribution < -0.4 is 5.32 Å². The van der Waals surface area contributed by atoms with Crippen LogP contribution in [0.4, 0.5) is 5.82 Å². The van der Waals surface area contributed by atoms with Gasteiger partial charge in [-0.1, -0.05) is 31.0 Å². The molecule has 0 radical (unpaired) electrons. The van der Waals surface area contributed by atoms with Crippen molar-refractivity contribution in [3.8, 4) is 5.69 Å². The highest BCUT2D eigenvalue weighted by molar-refractivity contribution is 7.98. The SMILES string of the molecule is CCCCC(=O)Nc1c2c(nn1-c1ccc(C)cc1)CSC2. The van der Waals surface area contributed by atoms with Crippen LogP contribution in [0, 0.1) is 6.92 Å². The number of anilines is 1. The number of benzene rings is 1. The zero-order valence-electron chi connectivity index (χ0n) is 13.1. The van der Waals surface area contributed by atoms with E-state index in [0.717, 1.165) is 41.5 Å². The lowest BCUT2D eigenvalue weighted by molar-refractivity contribution is -0.116. The number of carbonyl (C=O) groups excluding carboxylic acids is 1. The molecule has 0 aliphatic carbocycles. The first-order valence-corrected chi connectivity index (χ1v) is 8.90. The summed E-state index contributed by atoms with van der Waals surface area (Å²) in [6, 6.07) is 8.23. The van der Waals surface area contributed by atoms with Crippen molar-refractivity contribution >= 4 is 23.5 Å². The summed E-state index contributed by atoms with van der Waals surface area (Å²) in [4.78, 5) is 12.1. The fraction of sp³-hybridized carbons (Fsp3) is 0.412. The number of nitrogens with zero attached hydrogens (tertiary/aromatic N) is 2. The Bertz CT molecular complexity index is 676. The Kier molecular flexibility index (Phi) is 4.52. The molecule has 1 amide bonds. The second-order valence-electron chi connectivity index (χ2n) is 5.67. The number of hydrogen-bond donors (Lipinski definition) is 1. The van der Waals surface area contributed by atoms with Crippen LogP contribution in [0.25, 0.3) is 5.69 Å². The Balaban J connectivity index is 1.93. The smallest absolute Gasteiger partial charge is 0.225 e. The van der Waals surface area contributed by atoms with Gasteiger partial charge in [0.2, 0.25) is 5.91 Å². The fourth-order valence-electron chi connectivity index (χ4n) is 2.55. The van der Waals surface area contributed by atoms with Crippen molar-refractivity contribution in [2.24, 2.45) is 0 Å². The van der Waals surface area contributed by atoms with E-state index in [0.29, 0.717) is 6.42 Å². The Morgan fingerprint density at radius 3 is 2.82 bits per heavy atom. The van der Waals surface area contributed by atoms with Crippen molar-refractivity contribution < 1.29 is 4.79 Å². The van der Waals surface area contributed by atoms with Crippen molar-refractivity contribution in [1.29, 1.82) is 0 Å². The monoisotopic (exact) mass is 315 g/mol. The van der Waals surface area contributed by atoms with Gasteiger partial charge in [0, 0.05) is 23.5 Å². The molecule has 0 unspecified atom stereocenters. The molecule has 5 heteroatoms. The molecule has 2 heterocycles. The normalized spacial score (nSPS) is 13.2. The topological polar surface area (TPSA) is 46.9 Å². The van der Waals surface area contributed by atoms with Crippen LogP contribution in [0.3, 0.4) is 0 Å². The van der Waals surface area contributed by atoms with Gasteiger partial charge in [0.05, 0.1) is 11.4 Å². The van der Waals surface area contributed by atoms with E-state index in [1.165, 1.54) is 11.1 Å². The Hall–Kier alpha value is -1.75. The molecule has 1 aromatic carbocycles. The third-order valence-electron chi connectivity index (χ3n) is 3.85. The van der Waals surface area contributed by atoms with Gasteiger partial charge in [0.15, 0.2) is 0 Å². The first kappa shape index (κ1) is 15.2. The van der Waals surface area contributed by atoms with Gasteiger partial charge in [-0.25, -0.2) is 4.68 Å². The molecule has 2 aromatic rings. The highest BCUT2D eigenvalue weighted by Crippen LogP contribution is 2.36. The summed E-state index contributed by atoms with van der Waals surface area (Å²) in [6.45, 7) is 4.16. The molecule has 0 spiro atoms. The van der Waals surface area contributed by atoms with Crippen molar-refractivity contribution in [3.63, 3.8) is 0 Å². The zero-order chi connectivity index (χ0) is 15.5. The standard InChI is InChI=1S/C17H21N3OS/c1-3-4-5-16(21)18-17-14-10-22-11-15(14)19-20(17)13-8-6-12(2)7-9-13/h6-9H,3-5,10-11H2,1-2H3,(H,18,21). The number of nitrogens with one attached hydrogen (secondary N) is 1. The maximum atomic E-state index is 12.1. The van der Waals surface area contributed by atoms with Gasteiger partial charge in [-0.3, -0.25) is 4.79 Å². The lowest BCUT2D eigenvalue weighted by atomic mass is 10.2. The molecular formula is C17H21N3OS. The van der Waals surface area contributed by atoms with Crippen molar-refractivity contribution in [2.45, 2.75) is 44.6 Å². The summed E-state index contributed by atoms with van der Waals surface area (Å²) in [6.07, 6.45) is 2.51. The number of carbonyl (C=O) groups is 1. The van der Waals surface area contributed by atoms with E-state index in [9.17, 15) is 4.79 Å². The average Bonchev–Trinajstić information content (AvgIpc) is 3.09. The van der Waals surface area contributed by atoms with Crippen LogP contribution in [-0.4, -0.2) is 15.7 Å². The minimum Gasteiger partial charge on any atom is -0.310 e. The number of aryl methyl sites for hydroxylation is 1. The molecule has 4 nitrogen and oxygen atoms in total. The third kappa shape index (κ3) is 3.04. The maximum Gasteiger partial charge on any atom is 0.225 e. The van der Waals surface area contributed by atoms with Crippen LogP contribution >= 0.6 is 11.8 Å². The number of rotatable bonds is 5. The van der Waals surface area contributed by atoms with E-state index in [1.54, 1.807) is 0 Å². The molecular weight excluding hydrogens is 294 g/mol. The predicted octanol–water partition coefficient (Wildman–Crippen LogP) is 4.06. The zero-order valence-corrected chi connectivity index (χ0v) is 13.9. The first-order valence-electron chi connectivity index (χ1n) is 7.74. The number of amides is 1. The largest absolute Gasteiger partial charge is 0.310 e. The van der Waals surface area contributed by atoms with E-state index >= 15 is 0 Å². The summed E-state index contributed by atoms with van der Waals surface area (Å²) < 4.78 is 1.88. The van der Waals surface area contributed by atoms with Crippen molar-refractivity contribution in [1.82, 2.24) is 9.78 Å². The number of hydrogen-bond acceptors (Lipinski definition) is 3. The highest BCUT2D eigenvalue weighted by atomic mass is 32.2. The van der Waals surface area contributed by atoms with Gasteiger partial charge in [0.1, 0.15) is 5.82 Å². The molecule has 0 fully saturated rings. The van der Waals surface area contributed by atoms with E-state index in [2.05, 4.69) is 31.3 Å². The number of fused-ring (bicyclic) bond motifs is 1. The van der Waals surface area contributed by atoms with Gasteiger partial charge in [-0.15, -0.1) is 0 Å². The number of aromatic nitrogens is 2. The molecule has 22 heavy (non-hydrogen) atoms. The molecule has 0 bridgehead atoms. The van der Waals surface area contributed by atoms with E-state index < -0.39 is 0 Å². The molecule has 3 rings (SSSR count). The van der Waals surface area contributed by atoms with Crippen LogP contribution in [0.2, 0.25) is 0 Å². The van der Waals surface area contributed by atoms with Crippen molar-refractivity contribution in [3.05, 3.63) is 41.1 Å². The van der Waals surface area contributed by atoms with Crippen LogP contribution in [0.1, 0.15) is 43.0 Å². The lowest BCUT2D eigenvalue weighted by Gasteiger charge is -2.11. The summed E-state index contributed by atoms with van der Waals surface area (Å²) in [5, 5.41) is 7.79. The molecule has 0 saturated heterocycles. The number of thioether (sulfide) groups is 1. The van der Waals surface area contributed by atoms with Crippen LogP contribution in [-0.2, 0) is 16.3 Å². The van der Waals surface area contributed by atoms with Crippen LogP contribution in [0.15, 0.2) is 24.3 Å². The summed E-state index contributed by atoms with van der Waals surface area (Å²) in [7, 11) is 0. The van der Waals surface area contributed by atoms with Crippen molar-refractivity contribution in [2.75, 3.05) is 5.32 Å². The Morgan fingerprint density at radius 2 is 2.09 bits per heavy atom. The van der Waals surface area contributed by atoms with E-state index in [4.69, 9.17) is 5.10 Å². The molecule has 1 aliphatic heterocycles. The molecule has 0 atom stereocenters. The molecule has 1 aliphatic rings. The van der Waals surface area contributed by atoms with Gasteiger partial charge < -0.3 is 5.32 Å². The summed E-state index contributed by atoms with van der Waals surface area (Å²) in [5.41, 5.74) is 4.48. The number of unbranched alkanes of at least 4 members (excludes halogenated alkanes) is 1. The highest BCUT2D eigenvalue weighted by Gasteiger charge is 2.24. The van der Waals surface area contributed by atoms with Crippen LogP contribution in [0.5, 0.6) is 0 Å². The summed E-state index contributed by atoms with van der Waals surface area (Å²) >= 11 is 1.85. The van der Waals surface area contributed by atoms with Gasteiger partial charge in [-0.05, 0) is 25.5 Å². The minimum absolute atomic E-state index is 0.0785. The quantitative estimate of drug-likeness (QED) is 0.905. The molecule has 116 valence electrons. The van der Waals surface area contributed by atoms with Gasteiger partial charge >= 0.3 is 0 Å². The first-order chi connectivity index (χ1) is 10.7. The van der Waals surface area contributed by atoms with E-state index in [1.807, 2.05) is 28.6 Å². The molecule has 0 saturated carbocycles. The minimum atomic E-state index is 0.0785. The second kappa shape index (κ2) is 6.57. The van der Waals surface area contributed by atoms with E-state index in [-0.39, 0.29) is 5.91 Å². The predicted molar refractivity (Wildman–Crippen MR) is 91.5 cm³/mol. The maximum absolute atomic E-state index is 12.1. The Morgan fingerprint density at radius 1 is 1.32 bits per heavy atom. The summed E-state index contributed by atoms with van der Waals surface area (Å²) in [5.74, 6) is 2.77. The molecule has 1 aromatic heterocycles. The lowest BCUT2D eigenvalue weighted by Crippen LogP contribution is -2.15. The molecule has 1 N–H and O–H groups in total. The second-order valence-corrected chi connectivity index (χ2v) is 6.65. The van der Waals surface area contributed by atoms with Gasteiger partial charge in [-0.2, -0.15) is 16.9 Å². The van der Waals surface area contributed by atoms with Gasteiger partial charge in [0.25, 0.3) is 0 Å². The fourth-order valence-corrected chi connectivity index (χ4v) is 3.58. The Labute approximate surface area is 135 Å². The average molecular weight is 315 g/mol. The third-order valence-corrected chi connectivity index (χ3v) is 4.82.